The summed E-state index contributed by atoms with van der Waals surface area (Å²) in [6.07, 6.45) is 6.32. The number of hydrogen-bond acceptors (Lipinski definition) is 5. The van der Waals surface area contributed by atoms with Crippen molar-refractivity contribution in [3.63, 3.8) is 0 Å². The number of aromatic nitrogens is 1. The third-order valence-electron chi connectivity index (χ3n) is 3.37. The highest BCUT2D eigenvalue weighted by molar-refractivity contribution is 7.89. The standard InChI is InChI=1S/C14H22N2O3S/c1-20(17,18)11-13-4-5-14(16-9-13)15-7-6-12-3-2-8-19-10-12/h4-5,9,12H,2-3,6-8,10-11H2,1H3,(H,15,16)/t12-/m0/s1. The molecule has 5 nitrogen and oxygen atoms in total. The number of pyridine rings is 1. The molecule has 1 saturated heterocycles. The Labute approximate surface area is 120 Å². The first-order valence-corrected chi connectivity index (χ1v) is 9.03. The Morgan fingerprint density at radius 1 is 1.45 bits per heavy atom. The molecule has 0 aromatic carbocycles. The van der Waals surface area contributed by atoms with E-state index in [0.29, 0.717) is 5.92 Å². The van der Waals surface area contributed by atoms with Gasteiger partial charge in [0.25, 0.3) is 0 Å². The molecule has 1 fully saturated rings. The van der Waals surface area contributed by atoms with Gasteiger partial charge in [-0.15, -0.1) is 0 Å². The normalized spacial score (nSPS) is 19.8. The Morgan fingerprint density at radius 3 is 2.90 bits per heavy atom. The van der Waals surface area contributed by atoms with Gasteiger partial charge in [-0.25, -0.2) is 13.4 Å². The quantitative estimate of drug-likeness (QED) is 0.868. The van der Waals surface area contributed by atoms with Crippen molar-refractivity contribution in [1.82, 2.24) is 4.98 Å². The van der Waals surface area contributed by atoms with E-state index in [1.54, 1.807) is 12.3 Å². The summed E-state index contributed by atoms with van der Waals surface area (Å²) in [5.74, 6) is 1.47. The van der Waals surface area contributed by atoms with Crippen LogP contribution in [0.4, 0.5) is 5.82 Å². The van der Waals surface area contributed by atoms with Crippen molar-refractivity contribution < 1.29 is 13.2 Å². The van der Waals surface area contributed by atoms with Gasteiger partial charge in [-0.3, -0.25) is 0 Å². The van der Waals surface area contributed by atoms with Crippen molar-refractivity contribution in [1.29, 1.82) is 0 Å². The number of anilines is 1. The Kier molecular flexibility index (Phi) is 5.37. The van der Waals surface area contributed by atoms with E-state index < -0.39 is 9.84 Å². The van der Waals surface area contributed by atoms with Gasteiger partial charge in [0.2, 0.25) is 0 Å². The maximum absolute atomic E-state index is 11.2. The van der Waals surface area contributed by atoms with Crippen molar-refractivity contribution in [2.24, 2.45) is 5.92 Å². The second-order valence-corrected chi connectivity index (χ2v) is 7.56. The van der Waals surface area contributed by atoms with Crippen LogP contribution in [0.3, 0.4) is 0 Å². The van der Waals surface area contributed by atoms with Crippen LogP contribution in [-0.4, -0.2) is 39.4 Å². The molecule has 0 unspecified atom stereocenters. The smallest absolute Gasteiger partial charge is 0.151 e. The highest BCUT2D eigenvalue weighted by Gasteiger charge is 2.13. The first kappa shape index (κ1) is 15.3. The van der Waals surface area contributed by atoms with Crippen molar-refractivity contribution in [2.75, 3.05) is 31.3 Å². The molecular weight excluding hydrogens is 276 g/mol. The van der Waals surface area contributed by atoms with E-state index >= 15 is 0 Å². The van der Waals surface area contributed by atoms with Gasteiger partial charge in [0.05, 0.1) is 5.75 Å². The summed E-state index contributed by atoms with van der Waals surface area (Å²) >= 11 is 0. The average molecular weight is 298 g/mol. The van der Waals surface area contributed by atoms with Crippen LogP contribution in [0.25, 0.3) is 0 Å². The molecule has 0 aliphatic carbocycles. The Bertz CT molecular complexity index is 508. The fourth-order valence-corrected chi connectivity index (χ4v) is 3.13. The summed E-state index contributed by atoms with van der Waals surface area (Å²) in [5.41, 5.74) is 0.721. The number of nitrogens with zero attached hydrogens (tertiary/aromatic N) is 1. The second kappa shape index (κ2) is 7.04. The van der Waals surface area contributed by atoms with Crippen LogP contribution in [0.1, 0.15) is 24.8 Å². The zero-order chi connectivity index (χ0) is 14.4. The summed E-state index contributed by atoms with van der Waals surface area (Å²) in [5, 5.41) is 3.27. The van der Waals surface area contributed by atoms with Crippen LogP contribution >= 0.6 is 0 Å². The van der Waals surface area contributed by atoms with Gasteiger partial charge in [-0.2, -0.15) is 0 Å². The van der Waals surface area contributed by atoms with E-state index in [1.165, 1.54) is 12.7 Å². The van der Waals surface area contributed by atoms with Gasteiger partial charge in [0.15, 0.2) is 9.84 Å². The van der Waals surface area contributed by atoms with Gasteiger partial charge in [0, 0.05) is 32.2 Å². The molecule has 0 radical (unpaired) electrons. The summed E-state index contributed by atoms with van der Waals surface area (Å²) < 4.78 is 27.8. The molecule has 1 aliphatic rings. The van der Waals surface area contributed by atoms with Gasteiger partial charge >= 0.3 is 0 Å². The molecule has 0 amide bonds. The molecule has 0 saturated carbocycles. The molecule has 0 spiro atoms. The van der Waals surface area contributed by atoms with Crippen molar-refractivity contribution >= 4 is 15.7 Å². The molecule has 2 rings (SSSR count). The van der Waals surface area contributed by atoms with Crippen LogP contribution in [0.5, 0.6) is 0 Å². The lowest BCUT2D eigenvalue weighted by atomic mass is 9.99. The number of nitrogens with one attached hydrogen (secondary N) is 1. The lowest BCUT2D eigenvalue weighted by molar-refractivity contribution is 0.0530. The van der Waals surface area contributed by atoms with Gasteiger partial charge < -0.3 is 10.1 Å². The van der Waals surface area contributed by atoms with Gasteiger partial charge in [-0.1, -0.05) is 6.07 Å². The number of ether oxygens (including phenoxy) is 1. The number of hydrogen-bond donors (Lipinski definition) is 1. The molecule has 0 bridgehead atoms. The van der Waals surface area contributed by atoms with Crippen LogP contribution < -0.4 is 5.32 Å². The monoisotopic (exact) mass is 298 g/mol. The number of sulfone groups is 1. The average Bonchev–Trinajstić information content (AvgIpc) is 2.40. The SMILES string of the molecule is CS(=O)(=O)Cc1ccc(NCC[C@@H]2CCCOC2)nc1. The van der Waals surface area contributed by atoms with Crippen LogP contribution in [0, 0.1) is 5.92 Å². The van der Waals surface area contributed by atoms with Crippen molar-refractivity contribution in [3.05, 3.63) is 23.9 Å². The van der Waals surface area contributed by atoms with E-state index in [0.717, 1.165) is 44.0 Å². The van der Waals surface area contributed by atoms with Crippen molar-refractivity contribution in [3.8, 4) is 0 Å². The molecule has 1 aromatic heterocycles. The number of rotatable bonds is 6. The molecule has 1 aromatic rings. The topological polar surface area (TPSA) is 68.3 Å². The summed E-state index contributed by atoms with van der Waals surface area (Å²) in [6, 6.07) is 3.64. The van der Waals surface area contributed by atoms with Gasteiger partial charge in [-0.05, 0) is 36.8 Å². The molecule has 1 atom stereocenters. The van der Waals surface area contributed by atoms with Gasteiger partial charge in [0.1, 0.15) is 5.82 Å². The Hall–Kier alpha value is -1.14. The summed E-state index contributed by atoms with van der Waals surface area (Å²) in [6.45, 7) is 2.63. The molecule has 20 heavy (non-hydrogen) atoms. The molecular formula is C14H22N2O3S. The zero-order valence-corrected chi connectivity index (χ0v) is 12.7. The van der Waals surface area contributed by atoms with Crippen LogP contribution in [0.15, 0.2) is 18.3 Å². The van der Waals surface area contributed by atoms with E-state index in [2.05, 4.69) is 10.3 Å². The fourth-order valence-electron chi connectivity index (χ4n) is 2.36. The molecule has 2 heterocycles. The van der Waals surface area contributed by atoms with E-state index in [-0.39, 0.29) is 5.75 Å². The highest BCUT2D eigenvalue weighted by Crippen LogP contribution is 2.17. The molecule has 112 valence electrons. The third-order valence-corrected chi connectivity index (χ3v) is 4.22. The Balaban J connectivity index is 1.76. The minimum atomic E-state index is -3.00. The maximum atomic E-state index is 11.2. The first-order chi connectivity index (χ1) is 9.53. The predicted octanol–water partition coefficient (Wildman–Crippen LogP) is 1.85. The molecule has 6 heteroatoms. The predicted molar refractivity (Wildman–Crippen MR) is 79.4 cm³/mol. The first-order valence-electron chi connectivity index (χ1n) is 6.97. The lowest BCUT2D eigenvalue weighted by Gasteiger charge is -2.22. The van der Waals surface area contributed by atoms with Crippen LogP contribution in [0.2, 0.25) is 0 Å². The van der Waals surface area contributed by atoms with E-state index in [4.69, 9.17) is 4.74 Å². The van der Waals surface area contributed by atoms with Crippen molar-refractivity contribution in [2.45, 2.75) is 25.0 Å². The van der Waals surface area contributed by atoms with E-state index in [1.807, 2.05) is 6.07 Å². The minimum absolute atomic E-state index is 0.0414. The van der Waals surface area contributed by atoms with Crippen LogP contribution in [-0.2, 0) is 20.3 Å². The molecule has 1 N–H and O–H groups in total. The maximum Gasteiger partial charge on any atom is 0.151 e. The summed E-state index contributed by atoms with van der Waals surface area (Å²) in [4.78, 5) is 4.24. The zero-order valence-electron chi connectivity index (χ0n) is 11.8. The van der Waals surface area contributed by atoms with E-state index in [9.17, 15) is 8.42 Å². The largest absolute Gasteiger partial charge is 0.381 e. The summed E-state index contributed by atoms with van der Waals surface area (Å²) in [7, 11) is -3.00. The Morgan fingerprint density at radius 2 is 2.30 bits per heavy atom. The highest BCUT2D eigenvalue weighted by atomic mass is 32.2. The minimum Gasteiger partial charge on any atom is -0.381 e. The molecule has 1 aliphatic heterocycles. The second-order valence-electron chi connectivity index (χ2n) is 5.42. The fraction of sp³-hybridized carbons (Fsp3) is 0.643. The lowest BCUT2D eigenvalue weighted by Crippen LogP contribution is -2.20. The third kappa shape index (κ3) is 5.46.